The van der Waals surface area contributed by atoms with Gasteiger partial charge in [0.15, 0.2) is 0 Å². The van der Waals surface area contributed by atoms with Gasteiger partial charge in [0.2, 0.25) is 0 Å². The summed E-state index contributed by atoms with van der Waals surface area (Å²) >= 11 is 0. The number of halogens is 1. The third kappa shape index (κ3) is 1.21. The number of carboxylic acid groups (broad SMARTS) is 1. The molecule has 0 aromatic rings. The van der Waals surface area contributed by atoms with Crippen LogP contribution in [0.5, 0.6) is 0 Å². The van der Waals surface area contributed by atoms with E-state index < -0.39 is 17.1 Å². The Labute approximate surface area is 71.8 Å². The van der Waals surface area contributed by atoms with Crippen molar-refractivity contribution in [2.45, 2.75) is 45.2 Å². The molecule has 0 unspecified atom stereocenters. The Balaban J connectivity index is 2.85. The molecule has 0 aliphatic heterocycles. The smallest absolute Gasteiger partial charge is 0.312 e. The number of rotatable bonds is 2. The van der Waals surface area contributed by atoms with Gasteiger partial charge in [-0.2, -0.15) is 0 Å². The number of hydrogen-bond donors (Lipinski definition) is 1. The predicted octanol–water partition coefficient (Wildman–Crippen LogP) is 2.38. The van der Waals surface area contributed by atoms with E-state index >= 15 is 0 Å². The van der Waals surface area contributed by atoms with E-state index in [4.69, 9.17) is 5.11 Å². The van der Waals surface area contributed by atoms with E-state index in [1.54, 1.807) is 0 Å². The molecule has 0 bridgehead atoms. The van der Waals surface area contributed by atoms with Gasteiger partial charge in [-0.25, -0.2) is 4.39 Å². The van der Waals surface area contributed by atoms with Crippen LogP contribution in [0.15, 0.2) is 0 Å². The number of carbonyl (C=O) groups is 1. The van der Waals surface area contributed by atoms with Gasteiger partial charge < -0.3 is 5.11 Å². The minimum Gasteiger partial charge on any atom is -0.481 e. The van der Waals surface area contributed by atoms with E-state index in [1.807, 2.05) is 0 Å². The maximum Gasteiger partial charge on any atom is 0.312 e. The first-order valence-corrected chi connectivity index (χ1v) is 4.32. The van der Waals surface area contributed by atoms with Gasteiger partial charge in [0.05, 0.1) is 5.41 Å². The van der Waals surface area contributed by atoms with Gasteiger partial charge in [-0.15, -0.1) is 0 Å². The summed E-state index contributed by atoms with van der Waals surface area (Å²) in [5, 5.41) is 8.83. The standard InChI is InChI=1S/C9H15FO2/c1-8(2,7(11)12)9(10)5-3-4-6-9/h3-6H2,1-2H3,(H,11,12). The van der Waals surface area contributed by atoms with Gasteiger partial charge in [-0.3, -0.25) is 4.79 Å². The highest BCUT2D eigenvalue weighted by Gasteiger charge is 2.52. The van der Waals surface area contributed by atoms with Gasteiger partial charge in [0.25, 0.3) is 0 Å². The zero-order valence-electron chi connectivity index (χ0n) is 7.56. The molecule has 0 spiro atoms. The SMILES string of the molecule is CC(C)(C(=O)O)C1(F)CCCC1. The van der Waals surface area contributed by atoms with Crippen LogP contribution in [0.1, 0.15) is 39.5 Å². The topological polar surface area (TPSA) is 37.3 Å². The van der Waals surface area contributed by atoms with Crippen LogP contribution in [-0.4, -0.2) is 16.7 Å². The van der Waals surface area contributed by atoms with E-state index in [0.717, 1.165) is 12.8 Å². The van der Waals surface area contributed by atoms with E-state index in [0.29, 0.717) is 12.8 Å². The summed E-state index contributed by atoms with van der Waals surface area (Å²) in [5.41, 5.74) is -2.72. The highest BCUT2D eigenvalue weighted by molar-refractivity contribution is 5.75. The molecule has 2 nitrogen and oxygen atoms in total. The molecule has 1 aliphatic carbocycles. The van der Waals surface area contributed by atoms with Crippen molar-refractivity contribution >= 4 is 5.97 Å². The Morgan fingerprint density at radius 3 is 2.17 bits per heavy atom. The molecule has 3 heteroatoms. The molecule has 0 aromatic carbocycles. The first-order valence-electron chi connectivity index (χ1n) is 4.32. The fourth-order valence-electron chi connectivity index (χ4n) is 1.75. The van der Waals surface area contributed by atoms with Crippen LogP contribution in [0.25, 0.3) is 0 Å². The number of aliphatic carboxylic acids is 1. The van der Waals surface area contributed by atoms with Gasteiger partial charge in [-0.05, 0) is 26.7 Å². The highest BCUT2D eigenvalue weighted by Crippen LogP contribution is 2.46. The van der Waals surface area contributed by atoms with Crippen LogP contribution in [0, 0.1) is 5.41 Å². The Hall–Kier alpha value is -0.600. The third-order valence-corrected chi connectivity index (χ3v) is 3.05. The van der Waals surface area contributed by atoms with Gasteiger partial charge in [0, 0.05) is 0 Å². The van der Waals surface area contributed by atoms with E-state index in [9.17, 15) is 9.18 Å². The first-order chi connectivity index (χ1) is 5.40. The average Bonchev–Trinajstić information content (AvgIpc) is 2.37. The molecule has 0 atom stereocenters. The van der Waals surface area contributed by atoms with E-state index in [1.165, 1.54) is 13.8 Å². The lowest BCUT2D eigenvalue weighted by molar-refractivity contribution is -0.156. The minimum atomic E-state index is -1.49. The molecule has 1 N–H and O–H groups in total. The van der Waals surface area contributed by atoms with Gasteiger partial charge in [0.1, 0.15) is 5.67 Å². The van der Waals surface area contributed by atoms with Crippen molar-refractivity contribution in [3.8, 4) is 0 Å². The lowest BCUT2D eigenvalue weighted by atomic mass is 9.75. The molecule has 1 aliphatic rings. The minimum absolute atomic E-state index is 0.395. The first kappa shape index (κ1) is 9.49. The zero-order valence-corrected chi connectivity index (χ0v) is 7.56. The molecule has 1 saturated carbocycles. The summed E-state index contributed by atoms with van der Waals surface area (Å²) < 4.78 is 14.0. The average molecular weight is 174 g/mol. The molecular weight excluding hydrogens is 159 g/mol. The van der Waals surface area contributed by atoms with Crippen LogP contribution in [-0.2, 0) is 4.79 Å². The fourth-order valence-corrected chi connectivity index (χ4v) is 1.75. The van der Waals surface area contributed by atoms with Crippen LogP contribution in [0.2, 0.25) is 0 Å². The van der Waals surface area contributed by atoms with Crippen molar-refractivity contribution in [3.05, 3.63) is 0 Å². The normalized spacial score (nSPS) is 22.6. The number of carboxylic acids is 1. The molecule has 0 heterocycles. The lowest BCUT2D eigenvalue weighted by Gasteiger charge is -2.33. The molecule has 0 radical (unpaired) electrons. The molecule has 12 heavy (non-hydrogen) atoms. The number of alkyl halides is 1. The van der Waals surface area contributed by atoms with Gasteiger partial charge >= 0.3 is 5.97 Å². The van der Waals surface area contributed by atoms with Crippen molar-refractivity contribution in [2.24, 2.45) is 5.41 Å². The second-order valence-electron chi connectivity index (χ2n) is 4.10. The monoisotopic (exact) mass is 174 g/mol. The predicted molar refractivity (Wildman–Crippen MR) is 43.7 cm³/mol. The second kappa shape index (κ2) is 2.71. The summed E-state index contributed by atoms with van der Waals surface area (Å²) in [6.45, 7) is 2.95. The summed E-state index contributed by atoms with van der Waals surface area (Å²) in [5.74, 6) is -1.04. The van der Waals surface area contributed by atoms with Crippen LogP contribution < -0.4 is 0 Å². The summed E-state index contributed by atoms with van der Waals surface area (Å²) in [4.78, 5) is 10.8. The van der Waals surface area contributed by atoms with Crippen molar-refractivity contribution in [1.29, 1.82) is 0 Å². The maximum absolute atomic E-state index is 14.0. The third-order valence-electron chi connectivity index (χ3n) is 3.05. The quantitative estimate of drug-likeness (QED) is 0.697. The zero-order chi connectivity index (χ0) is 9.41. The van der Waals surface area contributed by atoms with Gasteiger partial charge in [-0.1, -0.05) is 12.8 Å². The van der Waals surface area contributed by atoms with E-state index in [2.05, 4.69) is 0 Å². The Morgan fingerprint density at radius 1 is 1.42 bits per heavy atom. The molecule has 70 valence electrons. The molecular formula is C9H15FO2. The van der Waals surface area contributed by atoms with Crippen molar-refractivity contribution in [3.63, 3.8) is 0 Å². The fraction of sp³-hybridized carbons (Fsp3) is 0.889. The van der Waals surface area contributed by atoms with Crippen LogP contribution in [0.3, 0.4) is 0 Å². The second-order valence-corrected chi connectivity index (χ2v) is 4.10. The summed E-state index contributed by atoms with van der Waals surface area (Å²) in [7, 11) is 0. The summed E-state index contributed by atoms with van der Waals surface area (Å²) in [6, 6.07) is 0. The van der Waals surface area contributed by atoms with Crippen molar-refractivity contribution in [1.82, 2.24) is 0 Å². The number of hydrogen-bond acceptors (Lipinski definition) is 1. The molecule has 0 aromatic heterocycles. The Morgan fingerprint density at radius 2 is 1.83 bits per heavy atom. The Kier molecular flexibility index (Phi) is 2.15. The van der Waals surface area contributed by atoms with Crippen LogP contribution in [0.4, 0.5) is 4.39 Å². The van der Waals surface area contributed by atoms with Crippen LogP contribution >= 0.6 is 0 Å². The summed E-state index contributed by atoms with van der Waals surface area (Å²) in [6.07, 6.45) is 2.42. The van der Waals surface area contributed by atoms with E-state index in [-0.39, 0.29) is 0 Å². The van der Waals surface area contributed by atoms with Crippen molar-refractivity contribution in [2.75, 3.05) is 0 Å². The maximum atomic E-state index is 14.0. The highest BCUT2D eigenvalue weighted by atomic mass is 19.1. The molecule has 1 fully saturated rings. The molecule has 0 saturated heterocycles. The molecule has 0 amide bonds. The largest absolute Gasteiger partial charge is 0.481 e. The molecule has 1 rings (SSSR count). The van der Waals surface area contributed by atoms with Crippen molar-refractivity contribution < 1.29 is 14.3 Å². The lowest BCUT2D eigenvalue weighted by Crippen LogP contribution is -2.44. The Bertz CT molecular complexity index is 193.